The second-order valence-corrected chi connectivity index (χ2v) is 6.63. The maximum Gasteiger partial charge on any atom is 0.316 e. The van der Waals surface area contributed by atoms with Crippen LogP contribution in [0.3, 0.4) is 0 Å². The summed E-state index contributed by atoms with van der Waals surface area (Å²) in [6.45, 7) is 1.34. The first-order valence-corrected chi connectivity index (χ1v) is 8.38. The highest BCUT2D eigenvalue weighted by Gasteiger charge is 2.45. The number of hydrogen-bond acceptors (Lipinski definition) is 5. The average Bonchev–Trinajstić information content (AvgIpc) is 2.99. The van der Waals surface area contributed by atoms with E-state index in [0.29, 0.717) is 52.8 Å². The Morgan fingerprint density at radius 1 is 1.46 bits per heavy atom. The van der Waals surface area contributed by atoms with Crippen LogP contribution in [0.2, 0.25) is 0 Å². The van der Waals surface area contributed by atoms with Gasteiger partial charge in [0.1, 0.15) is 22.6 Å². The van der Waals surface area contributed by atoms with Crippen molar-refractivity contribution in [3.8, 4) is 0 Å². The number of rotatable bonds is 3. The number of aromatic nitrogens is 2. The Hall–Kier alpha value is -1.93. The largest absolute Gasteiger partial charge is 0.468 e. The van der Waals surface area contributed by atoms with Crippen LogP contribution in [-0.2, 0) is 9.53 Å². The highest BCUT2D eigenvalue weighted by Crippen LogP contribution is 2.43. The van der Waals surface area contributed by atoms with Gasteiger partial charge in [-0.25, -0.2) is 9.37 Å². The molecule has 1 aromatic heterocycles. The van der Waals surface area contributed by atoms with Gasteiger partial charge in [0.15, 0.2) is 0 Å². The summed E-state index contributed by atoms with van der Waals surface area (Å²) in [5.41, 5.74) is 6.68. The van der Waals surface area contributed by atoms with Gasteiger partial charge < -0.3 is 20.8 Å². The van der Waals surface area contributed by atoms with Crippen molar-refractivity contribution >= 4 is 38.5 Å². The molecule has 2 heterocycles. The molecule has 1 aliphatic rings. The fourth-order valence-electron chi connectivity index (χ4n) is 3.27. The monoisotopic (exact) mass is 396 g/mol. The SMILES string of the molecule is COC(=O)C1(C(=CN)c2nc3c(Br)cc(F)cc3[nH]2)CCNCC1. The number of aromatic amines is 1. The van der Waals surface area contributed by atoms with Crippen molar-refractivity contribution in [1.29, 1.82) is 0 Å². The van der Waals surface area contributed by atoms with Crippen LogP contribution in [0, 0.1) is 11.2 Å². The van der Waals surface area contributed by atoms with Crippen LogP contribution in [0.4, 0.5) is 4.39 Å². The molecule has 6 nitrogen and oxygen atoms in total. The summed E-state index contributed by atoms with van der Waals surface area (Å²) in [7, 11) is 1.37. The predicted octanol–water partition coefficient (Wildman–Crippen LogP) is 2.31. The lowest BCUT2D eigenvalue weighted by atomic mass is 9.72. The molecule has 0 spiro atoms. The summed E-state index contributed by atoms with van der Waals surface area (Å²) in [6, 6.07) is 2.71. The van der Waals surface area contributed by atoms with Gasteiger partial charge in [-0.1, -0.05) is 0 Å². The number of carbonyl (C=O) groups excluding carboxylic acids is 1. The molecular formula is C16H18BrFN4O2. The quantitative estimate of drug-likeness (QED) is 0.692. The fourth-order valence-corrected chi connectivity index (χ4v) is 3.79. The lowest BCUT2D eigenvalue weighted by Gasteiger charge is -2.36. The number of nitrogens with zero attached hydrogens (tertiary/aromatic N) is 1. The van der Waals surface area contributed by atoms with Crippen molar-refractivity contribution < 1.29 is 13.9 Å². The Balaban J connectivity index is 2.13. The first-order chi connectivity index (χ1) is 11.5. The van der Waals surface area contributed by atoms with E-state index in [-0.39, 0.29) is 11.8 Å². The van der Waals surface area contributed by atoms with E-state index in [2.05, 4.69) is 31.2 Å². The van der Waals surface area contributed by atoms with E-state index >= 15 is 0 Å². The number of fused-ring (bicyclic) bond motifs is 1. The van der Waals surface area contributed by atoms with Gasteiger partial charge in [-0.2, -0.15) is 0 Å². The van der Waals surface area contributed by atoms with Gasteiger partial charge in [0, 0.05) is 16.2 Å². The Labute approximate surface area is 146 Å². The second kappa shape index (κ2) is 6.52. The van der Waals surface area contributed by atoms with Crippen molar-refractivity contribution in [3.63, 3.8) is 0 Å². The maximum absolute atomic E-state index is 13.6. The number of nitrogens with two attached hydrogens (primary N) is 1. The Morgan fingerprint density at radius 3 is 2.79 bits per heavy atom. The van der Waals surface area contributed by atoms with Crippen LogP contribution in [0.1, 0.15) is 18.7 Å². The zero-order valence-electron chi connectivity index (χ0n) is 13.2. The molecule has 8 heteroatoms. The molecule has 1 saturated heterocycles. The van der Waals surface area contributed by atoms with Gasteiger partial charge in [0.25, 0.3) is 0 Å². The lowest BCUT2D eigenvalue weighted by molar-refractivity contribution is -0.150. The number of esters is 1. The van der Waals surface area contributed by atoms with Gasteiger partial charge in [0.2, 0.25) is 0 Å². The number of nitrogens with one attached hydrogen (secondary N) is 2. The minimum atomic E-state index is -0.867. The van der Waals surface area contributed by atoms with E-state index in [1.807, 2.05) is 0 Å². The molecule has 0 radical (unpaired) electrons. The number of hydrogen-bond donors (Lipinski definition) is 3. The molecular weight excluding hydrogens is 379 g/mol. The zero-order valence-corrected chi connectivity index (χ0v) is 14.7. The maximum atomic E-state index is 13.6. The molecule has 0 atom stereocenters. The van der Waals surface area contributed by atoms with Crippen LogP contribution < -0.4 is 11.1 Å². The van der Waals surface area contributed by atoms with Crippen molar-refractivity contribution in [3.05, 3.63) is 34.4 Å². The van der Waals surface area contributed by atoms with Crippen LogP contribution in [0.25, 0.3) is 16.6 Å². The number of ether oxygens (including phenoxy) is 1. The summed E-state index contributed by atoms with van der Waals surface area (Å²) in [5, 5.41) is 3.23. The molecule has 24 heavy (non-hydrogen) atoms. The summed E-state index contributed by atoms with van der Waals surface area (Å²) < 4.78 is 19.2. The zero-order chi connectivity index (χ0) is 17.3. The summed E-state index contributed by atoms with van der Waals surface area (Å²) in [5.74, 6) is -0.273. The summed E-state index contributed by atoms with van der Waals surface area (Å²) in [6.07, 6.45) is 2.49. The van der Waals surface area contributed by atoms with E-state index in [9.17, 15) is 9.18 Å². The third-order valence-electron chi connectivity index (χ3n) is 4.48. The molecule has 0 amide bonds. The fraction of sp³-hybridized carbons (Fsp3) is 0.375. The van der Waals surface area contributed by atoms with Gasteiger partial charge in [0.05, 0.1) is 12.6 Å². The van der Waals surface area contributed by atoms with E-state index < -0.39 is 5.41 Å². The number of piperidine rings is 1. The number of methoxy groups -OCH3 is 1. The van der Waals surface area contributed by atoms with Crippen molar-refractivity contribution in [2.75, 3.05) is 20.2 Å². The average molecular weight is 397 g/mol. The van der Waals surface area contributed by atoms with Crippen LogP contribution >= 0.6 is 15.9 Å². The number of imidazole rings is 1. The molecule has 4 N–H and O–H groups in total. The van der Waals surface area contributed by atoms with Crippen molar-refractivity contribution in [1.82, 2.24) is 15.3 Å². The molecule has 2 aromatic rings. The standard InChI is InChI=1S/C16H18BrFN4O2/c1-24-15(23)16(2-4-20-5-3-16)10(8-19)14-21-12-7-9(18)6-11(17)13(12)22-14/h6-8,20H,2-5,19H2,1H3,(H,21,22). The van der Waals surface area contributed by atoms with E-state index in [1.54, 1.807) is 0 Å². The Bertz CT molecular complexity index is 812. The summed E-state index contributed by atoms with van der Waals surface area (Å²) in [4.78, 5) is 20.1. The van der Waals surface area contributed by atoms with Crippen molar-refractivity contribution in [2.45, 2.75) is 12.8 Å². The van der Waals surface area contributed by atoms with Gasteiger partial charge >= 0.3 is 5.97 Å². The van der Waals surface area contributed by atoms with E-state index in [1.165, 1.54) is 25.4 Å². The molecule has 1 aliphatic heterocycles. The summed E-state index contributed by atoms with van der Waals surface area (Å²) >= 11 is 3.31. The highest BCUT2D eigenvalue weighted by atomic mass is 79.9. The number of carbonyl (C=O) groups is 1. The predicted molar refractivity (Wildman–Crippen MR) is 92.5 cm³/mol. The minimum Gasteiger partial charge on any atom is -0.468 e. The number of benzene rings is 1. The molecule has 0 bridgehead atoms. The third-order valence-corrected chi connectivity index (χ3v) is 5.08. The third kappa shape index (κ3) is 2.69. The van der Waals surface area contributed by atoms with Gasteiger partial charge in [-0.15, -0.1) is 0 Å². The Morgan fingerprint density at radius 2 is 2.17 bits per heavy atom. The Kier molecular flexibility index (Phi) is 4.60. The molecule has 1 aromatic carbocycles. The van der Waals surface area contributed by atoms with Crippen LogP contribution in [0.15, 0.2) is 22.8 Å². The van der Waals surface area contributed by atoms with Crippen molar-refractivity contribution in [2.24, 2.45) is 11.1 Å². The molecule has 0 unspecified atom stereocenters. The first-order valence-electron chi connectivity index (χ1n) is 7.58. The minimum absolute atomic E-state index is 0.341. The molecule has 0 aliphatic carbocycles. The number of H-pyrrole nitrogens is 1. The van der Waals surface area contributed by atoms with Gasteiger partial charge in [-0.3, -0.25) is 4.79 Å². The second-order valence-electron chi connectivity index (χ2n) is 5.77. The smallest absolute Gasteiger partial charge is 0.316 e. The molecule has 3 rings (SSSR count). The van der Waals surface area contributed by atoms with Crippen LogP contribution in [0.5, 0.6) is 0 Å². The molecule has 0 saturated carbocycles. The van der Waals surface area contributed by atoms with E-state index in [0.717, 1.165) is 0 Å². The van der Waals surface area contributed by atoms with E-state index in [4.69, 9.17) is 10.5 Å². The highest BCUT2D eigenvalue weighted by molar-refractivity contribution is 9.10. The lowest BCUT2D eigenvalue weighted by Crippen LogP contribution is -2.44. The molecule has 1 fully saturated rings. The molecule has 128 valence electrons. The first kappa shape index (κ1) is 16.9. The number of halogens is 2. The van der Waals surface area contributed by atoms with Gasteiger partial charge in [-0.05, 0) is 54.0 Å². The normalized spacial score (nSPS) is 17.9. The van der Waals surface area contributed by atoms with Crippen LogP contribution in [-0.4, -0.2) is 36.1 Å². The topological polar surface area (TPSA) is 93.0 Å².